The van der Waals surface area contributed by atoms with Crippen LogP contribution in [0.5, 0.6) is 5.88 Å². The molecule has 10 heteroatoms. The number of aromatic nitrogens is 1. The molecule has 0 bridgehead atoms. The predicted octanol–water partition coefficient (Wildman–Crippen LogP) is 1.15. The molecule has 148 valence electrons. The Kier molecular flexibility index (Phi) is 5.50. The standard InChI is InChI=1S/C17H22FN3O5S/c18-8-12(9-19)11-26-15-2-1-13(10-20-15)27(24,25)21-5-3-17(4-6-21)7-14(17)16(22)23/h1-2,8,10,14H,3-7,9,11,19H2,(H,22,23)/b12-8-. The van der Waals surface area contributed by atoms with Crippen molar-refractivity contribution in [1.29, 1.82) is 0 Å². The number of sulfonamides is 1. The first-order valence-electron chi connectivity index (χ1n) is 8.62. The summed E-state index contributed by atoms with van der Waals surface area (Å²) in [6.45, 7) is 0.546. The number of hydrogen-bond acceptors (Lipinski definition) is 6. The van der Waals surface area contributed by atoms with E-state index in [2.05, 4.69) is 4.98 Å². The van der Waals surface area contributed by atoms with E-state index in [0.717, 1.165) is 0 Å². The van der Waals surface area contributed by atoms with Gasteiger partial charge < -0.3 is 15.6 Å². The highest BCUT2D eigenvalue weighted by molar-refractivity contribution is 7.89. The van der Waals surface area contributed by atoms with E-state index in [1.165, 1.54) is 22.6 Å². The lowest BCUT2D eigenvalue weighted by Crippen LogP contribution is -2.39. The van der Waals surface area contributed by atoms with Gasteiger partial charge in [0.2, 0.25) is 15.9 Å². The molecule has 1 aliphatic heterocycles. The Morgan fingerprint density at radius 3 is 2.63 bits per heavy atom. The summed E-state index contributed by atoms with van der Waals surface area (Å²) < 4.78 is 44.6. The molecule has 8 nitrogen and oxygen atoms in total. The van der Waals surface area contributed by atoms with Gasteiger partial charge in [-0.1, -0.05) is 0 Å². The molecule has 1 unspecified atom stereocenters. The number of ether oxygens (including phenoxy) is 1. The van der Waals surface area contributed by atoms with E-state index in [1.807, 2.05) is 0 Å². The maximum Gasteiger partial charge on any atom is 0.307 e. The fourth-order valence-electron chi connectivity index (χ4n) is 3.48. The lowest BCUT2D eigenvalue weighted by molar-refractivity contribution is -0.139. The van der Waals surface area contributed by atoms with Crippen molar-refractivity contribution in [2.24, 2.45) is 17.1 Å². The molecule has 1 aliphatic carbocycles. The molecule has 1 atom stereocenters. The van der Waals surface area contributed by atoms with Gasteiger partial charge >= 0.3 is 5.97 Å². The van der Waals surface area contributed by atoms with Gasteiger partial charge in [-0.2, -0.15) is 4.31 Å². The van der Waals surface area contributed by atoms with Crippen molar-refractivity contribution < 1.29 is 27.4 Å². The summed E-state index contributed by atoms with van der Waals surface area (Å²) in [5.74, 6) is -0.981. The number of hydrogen-bond donors (Lipinski definition) is 2. The summed E-state index contributed by atoms with van der Waals surface area (Å²) in [7, 11) is -3.70. The number of carbonyl (C=O) groups is 1. The van der Waals surface area contributed by atoms with Gasteiger partial charge in [0.15, 0.2) is 0 Å². The van der Waals surface area contributed by atoms with Gasteiger partial charge in [0, 0.05) is 31.3 Å². The van der Waals surface area contributed by atoms with Crippen LogP contribution in [-0.4, -0.2) is 55.0 Å². The van der Waals surface area contributed by atoms with E-state index in [9.17, 15) is 17.6 Å². The summed E-state index contributed by atoms with van der Waals surface area (Å²) in [4.78, 5) is 15.1. The van der Waals surface area contributed by atoms with Crippen molar-refractivity contribution in [3.63, 3.8) is 0 Å². The van der Waals surface area contributed by atoms with E-state index in [4.69, 9.17) is 15.6 Å². The van der Waals surface area contributed by atoms with Crippen LogP contribution in [-0.2, 0) is 14.8 Å². The third-order valence-corrected chi connectivity index (χ3v) is 7.26. The first-order valence-corrected chi connectivity index (χ1v) is 10.1. The quantitative estimate of drug-likeness (QED) is 0.705. The van der Waals surface area contributed by atoms with Crippen molar-refractivity contribution in [3.05, 3.63) is 30.2 Å². The SMILES string of the molecule is NC/C(=C/F)COc1ccc(S(=O)(=O)N2CCC3(CC2)CC3C(=O)O)cn1. The zero-order chi connectivity index (χ0) is 19.7. The van der Waals surface area contributed by atoms with E-state index >= 15 is 0 Å². The van der Waals surface area contributed by atoms with Crippen LogP contribution < -0.4 is 10.5 Å². The Hall–Kier alpha value is -2.04. The second kappa shape index (κ2) is 7.53. The summed E-state index contributed by atoms with van der Waals surface area (Å²) >= 11 is 0. The summed E-state index contributed by atoms with van der Waals surface area (Å²) in [6, 6.07) is 2.80. The largest absolute Gasteiger partial charge is 0.481 e. The topological polar surface area (TPSA) is 123 Å². The Labute approximate surface area is 156 Å². The molecule has 3 rings (SSSR count). The van der Waals surface area contributed by atoms with E-state index in [0.29, 0.717) is 38.7 Å². The van der Waals surface area contributed by atoms with E-state index < -0.39 is 16.0 Å². The zero-order valence-corrected chi connectivity index (χ0v) is 15.5. The smallest absolute Gasteiger partial charge is 0.307 e. The van der Waals surface area contributed by atoms with Gasteiger partial charge in [0.25, 0.3) is 0 Å². The predicted molar refractivity (Wildman–Crippen MR) is 94.1 cm³/mol. The Morgan fingerprint density at radius 1 is 1.44 bits per heavy atom. The number of rotatable bonds is 7. The molecule has 2 heterocycles. The van der Waals surface area contributed by atoms with Gasteiger partial charge in [-0.3, -0.25) is 4.79 Å². The van der Waals surface area contributed by atoms with Crippen LogP contribution in [0.3, 0.4) is 0 Å². The minimum absolute atomic E-state index is 0.0160. The highest BCUT2D eigenvalue weighted by Crippen LogP contribution is 2.59. The zero-order valence-electron chi connectivity index (χ0n) is 14.7. The van der Waals surface area contributed by atoms with Crippen LogP contribution in [0.15, 0.2) is 35.1 Å². The van der Waals surface area contributed by atoms with Gasteiger partial charge in [-0.15, -0.1) is 0 Å². The molecule has 3 N–H and O–H groups in total. The van der Waals surface area contributed by atoms with Crippen LogP contribution >= 0.6 is 0 Å². The number of carboxylic acids is 1. The molecule has 1 saturated heterocycles. The van der Waals surface area contributed by atoms with Crippen LogP contribution in [0.1, 0.15) is 19.3 Å². The van der Waals surface area contributed by atoms with Crippen LogP contribution in [0.2, 0.25) is 0 Å². The number of aliphatic carboxylic acids is 1. The average molecular weight is 399 g/mol. The molecule has 0 aromatic carbocycles. The molecule has 1 aromatic rings. The second-order valence-electron chi connectivity index (χ2n) is 6.95. The second-order valence-corrected chi connectivity index (χ2v) is 8.89. The first-order chi connectivity index (χ1) is 12.8. The van der Waals surface area contributed by atoms with Crippen molar-refractivity contribution in [1.82, 2.24) is 9.29 Å². The molecular weight excluding hydrogens is 377 g/mol. The van der Waals surface area contributed by atoms with Crippen molar-refractivity contribution in [3.8, 4) is 5.88 Å². The minimum atomic E-state index is -3.70. The third-order valence-electron chi connectivity index (χ3n) is 5.37. The molecule has 1 spiro atoms. The molecule has 0 amide bonds. The number of piperidine rings is 1. The van der Waals surface area contributed by atoms with Crippen LogP contribution in [0, 0.1) is 11.3 Å². The molecular formula is C17H22FN3O5S. The Morgan fingerprint density at radius 2 is 2.15 bits per heavy atom. The maximum absolute atomic E-state index is 12.8. The summed E-state index contributed by atoms with van der Waals surface area (Å²) in [6.07, 6.45) is 3.30. The van der Waals surface area contributed by atoms with Crippen molar-refractivity contribution in [2.75, 3.05) is 26.2 Å². The van der Waals surface area contributed by atoms with Gasteiger partial charge in [0.1, 0.15) is 11.5 Å². The number of pyridine rings is 1. The molecule has 27 heavy (non-hydrogen) atoms. The maximum atomic E-state index is 12.8. The number of nitrogens with zero attached hydrogens (tertiary/aromatic N) is 2. The minimum Gasteiger partial charge on any atom is -0.481 e. The van der Waals surface area contributed by atoms with Gasteiger partial charge in [-0.25, -0.2) is 17.8 Å². The van der Waals surface area contributed by atoms with E-state index in [1.54, 1.807) is 0 Å². The monoisotopic (exact) mass is 399 g/mol. The number of carboxylic acid groups (broad SMARTS) is 1. The van der Waals surface area contributed by atoms with Gasteiger partial charge in [-0.05, 0) is 30.7 Å². The number of nitrogens with two attached hydrogens (primary N) is 1. The van der Waals surface area contributed by atoms with Crippen LogP contribution in [0.4, 0.5) is 4.39 Å². The van der Waals surface area contributed by atoms with Crippen molar-refractivity contribution in [2.45, 2.75) is 24.2 Å². The van der Waals surface area contributed by atoms with E-state index in [-0.39, 0.29) is 40.8 Å². The summed E-state index contributed by atoms with van der Waals surface area (Å²) in [5, 5.41) is 9.13. The summed E-state index contributed by atoms with van der Waals surface area (Å²) in [5.41, 5.74) is 5.36. The lowest BCUT2D eigenvalue weighted by atomic mass is 9.92. The normalized spacial score (nSPS) is 22.6. The Bertz CT molecular complexity index is 833. The lowest BCUT2D eigenvalue weighted by Gasteiger charge is -2.31. The molecule has 1 saturated carbocycles. The number of halogens is 1. The first kappa shape index (κ1) is 19.7. The van der Waals surface area contributed by atoms with Gasteiger partial charge in [0.05, 0.1) is 18.4 Å². The van der Waals surface area contributed by atoms with Crippen LogP contribution in [0.25, 0.3) is 0 Å². The molecule has 2 fully saturated rings. The fraction of sp³-hybridized carbons (Fsp3) is 0.529. The van der Waals surface area contributed by atoms with Crippen molar-refractivity contribution >= 4 is 16.0 Å². The molecule has 2 aliphatic rings. The Balaban J connectivity index is 1.61. The fourth-order valence-corrected chi connectivity index (χ4v) is 4.86. The molecule has 1 aromatic heterocycles. The average Bonchev–Trinajstić information content (AvgIpc) is 3.37. The highest BCUT2D eigenvalue weighted by atomic mass is 32.2. The highest BCUT2D eigenvalue weighted by Gasteiger charge is 2.59. The molecule has 0 radical (unpaired) electrons. The third kappa shape index (κ3) is 3.97.